The Morgan fingerprint density at radius 3 is 2.55 bits per heavy atom. The summed E-state index contributed by atoms with van der Waals surface area (Å²) in [6.45, 7) is 4.26. The molecule has 1 atom stereocenters. The maximum atomic E-state index is 12.0. The van der Waals surface area contributed by atoms with Gasteiger partial charge >= 0.3 is 0 Å². The summed E-state index contributed by atoms with van der Waals surface area (Å²) >= 11 is 0. The SMILES string of the molecule is COc1ccc(N2C[C@@H](C(=O)NC(C)C)CC2=O)cc1. The van der Waals surface area contributed by atoms with Gasteiger partial charge in [0.15, 0.2) is 0 Å². The number of benzene rings is 1. The number of amides is 2. The fourth-order valence-corrected chi connectivity index (χ4v) is 2.30. The Kier molecular flexibility index (Phi) is 4.27. The topological polar surface area (TPSA) is 58.6 Å². The van der Waals surface area contributed by atoms with Crippen molar-refractivity contribution in [1.29, 1.82) is 0 Å². The summed E-state index contributed by atoms with van der Waals surface area (Å²) in [5, 5.41) is 2.86. The number of rotatable bonds is 4. The Labute approximate surface area is 118 Å². The highest BCUT2D eigenvalue weighted by Gasteiger charge is 2.35. The van der Waals surface area contributed by atoms with Crippen LogP contribution in [0.15, 0.2) is 24.3 Å². The molecular weight excluding hydrogens is 256 g/mol. The summed E-state index contributed by atoms with van der Waals surface area (Å²) in [6.07, 6.45) is 0.268. The smallest absolute Gasteiger partial charge is 0.227 e. The van der Waals surface area contributed by atoms with Gasteiger partial charge in [-0.2, -0.15) is 0 Å². The Balaban J connectivity index is 2.06. The van der Waals surface area contributed by atoms with E-state index in [9.17, 15) is 9.59 Å². The maximum Gasteiger partial charge on any atom is 0.227 e. The molecule has 0 aromatic heterocycles. The Morgan fingerprint density at radius 1 is 1.35 bits per heavy atom. The molecule has 1 N–H and O–H groups in total. The number of anilines is 1. The van der Waals surface area contributed by atoms with Gasteiger partial charge in [-0.3, -0.25) is 9.59 Å². The van der Waals surface area contributed by atoms with Crippen LogP contribution in [-0.4, -0.2) is 31.5 Å². The van der Waals surface area contributed by atoms with Gasteiger partial charge in [-0.1, -0.05) is 0 Å². The molecule has 0 spiro atoms. The summed E-state index contributed by atoms with van der Waals surface area (Å²) in [4.78, 5) is 25.7. The van der Waals surface area contributed by atoms with Crippen molar-refractivity contribution in [2.24, 2.45) is 5.92 Å². The van der Waals surface area contributed by atoms with Gasteiger partial charge in [-0.25, -0.2) is 0 Å². The maximum absolute atomic E-state index is 12.0. The van der Waals surface area contributed by atoms with Gasteiger partial charge in [0.2, 0.25) is 11.8 Å². The first kappa shape index (κ1) is 14.4. The first-order valence-corrected chi connectivity index (χ1v) is 6.76. The van der Waals surface area contributed by atoms with Gasteiger partial charge in [0.25, 0.3) is 0 Å². The van der Waals surface area contributed by atoms with E-state index in [4.69, 9.17) is 4.74 Å². The lowest BCUT2D eigenvalue weighted by Crippen LogP contribution is -2.36. The molecule has 0 bridgehead atoms. The number of methoxy groups -OCH3 is 1. The van der Waals surface area contributed by atoms with E-state index in [0.29, 0.717) is 6.54 Å². The zero-order valence-corrected chi connectivity index (χ0v) is 12.1. The van der Waals surface area contributed by atoms with Gasteiger partial charge in [0, 0.05) is 24.7 Å². The molecule has 0 radical (unpaired) electrons. The Morgan fingerprint density at radius 2 is 2.00 bits per heavy atom. The van der Waals surface area contributed by atoms with E-state index in [0.717, 1.165) is 11.4 Å². The first-order valence-electron chi connectivity index (χ1n) is 6.76. The first-order chi connectivity index (χ1) is 9.51. The fourth-order valence-electron chi connectivity index (χ4n) is 2.30. The highest BCUT2D eigenvalue weighted by Crippen LogP contribution is 2.26. The van der Waals surface area contributed by atoms with Crippen LogP contribution in [0.5, 0.6) is 5.75 Å². The van der Waals surface area contributed by atoms with Crippen molar-refractivity contribution in [1.82, 2.24) is 5.32 Å². The van der Waals surface area contributed by atoms with E-state index in [1.165, 1.54) is 0 Å². The quantitative estimate of drug-likeness (QED) is 0.908. The minimum atomic E-state index is -0.271. The summed E-state index contributed by atoms with van der Waals surface area (Å²) in [6, 6.07) is 7.38. The van der Waals surface area contributed by atoms with Gasteiger partial charge < -0.3 is 15.0 Å². The minimum Gasteiger partial charge on any atom is -0.497 e. The molecule has 0 saturated carbocycles. The van der Waals surface area contributed by atoms with E-state index in [-0.39, 0.29) is 30.2 Å². The molecule has 20 heavy (non-hydrogen) atoms. The molecule has 108 valence electrons. The van der Waals surface area contributed by atoms with Gasteiger partial charge in [0.05, 0.1) is 13.0 Å². The van der Waals surface area contributed by atoms with Crippen LogP contribution in [0.1, 0.15) is 20.3 Å². The molecule has 2 amide bonds. The monoisotopic (exact) mass is 276 g/mol. The summed E-state index contributed by atoms with van der Waals surface area (Å²) < 4.78 is 5.09. The number of nitrogens with zero attached hydrogens (tertiary/aromatic N) is 1. The van der Waals surface area contributed by atoms with E-state index >= 15 is 0 Å². The Hall–Kier alpha value is -2.04. The average molecular weight is 276 g/mol. The van der Waals surface area contributed by atoms with E-state index in [1.54, 1.807) is 12.0 Å². The molecule has 1 aliphatic rings. The molecule has 2 rings (SSSR count). The van der Waals surface area contributed by atoms with Crippen LogP contribution in [0, 0.1) is 5.92 Å². The van der Waals surface area contributed by atoms with Gasteiger partial charge in [-0.15, -0.1) is 0 Å². The molecule has 5 nitrogen and oxygen atoms in total. The number of carbonyl (C=O) groups is 2. The van der Waals surface area contributed by atoms with Crippen molar-refractivity contribution in [3.8, 4) is 5.75 Å². The lowest BCUT2D eigenvalue weighted by atomic mass is 10.1. The lowest BCUT2D eigenvalue weighted by molar-refractivity contribution is -0.126. The molecular formula is C15H20N2O3. The van der Waals surface area contributed by atoms with Crippen LogP contribution in [0.4, 0.5) is 5.69 Å². The van der Waals surface area contributed by atoms with Crippen LogP contribution in [0.2, 0.25) is 0 Å². The van der Waals surface area contributed by atoms with Crippen molar-refractivity contribution in [2.45, 2.75) is 26.3 Å². The van der Waals surface area contributed by atoms with Crippen LogP contribution in [0.3, 0.4) is 0 Å². The Bertz CT molecular complexity index is 496. The summed E-state index contributed by atoms with van der Waals surface area (Å²) in [5.41, 5.74) is 0.802. The third-order valence-electron chi connectivity index (χ3n) is 3.31. The fraction of sp³-hybridized carbons (Fsp3) is 0.467. The molecule has 0 unspecified atom stereocenters. The molecule has 1 saturated heterocycles. The second-order valence-electron chi connectivity index (χ2n) is 5.27. The third-order valence-corrected chi connectivity index (χ3v) is 3.31. The van der Waals surface area contributed by atoms with Crippen molar-refractivity contribution in [3.05, 3.63) is 24.3 Å². The predicted octanol–water partition coefficient (Wildman–Crippen LogP) is 1.57. The van der Waals surface area contributed by atoms with Gasteiger partial charge in [0.1, 0.15) is 5.75 Å². The summed E-state index contributed by atoms with van der Waals surface area (Å²) in [7, 11) is 1.60. The van der Waals surface area contributed by atoms with E-state index in [1.807, 2.05) is 38.1 Å². The van der Waals surface area contributed by atoms with E-state index < -0.39 is 0 Å². The largest absolute Gasteiger partial charge is 0.497 e. The molecule has 1 aromatic rings. The second kappa shape index (κ2) is 5.94. The summed E-state index contributed by atoms with van der Waals surface area (Å²) in [5.74, 6) is 0.407. The number of hydrogen-bond donors (Lipinski definition) is 1. The second-order valence-corrected chi connectivity index (χ2v) is 5.27. The number of nitrogens with one attached hydrogen (secondary N) is 1. The molecule has 1 heterocycles. The number of carbonyl (C=O) groups excluding carboxylic acids is 2. The molecule has 1 fully saturated rings. The number of ether oxygens (including phenoxy) is 1. The minimum absolute atomic E-state index is 0.0147. The standard InChI is InChI=1S/C15H20N2O3/c1-10(2)16-15(19)11-8-14(18)17(9-11)12-4-6-13(20-3)7-5-12/h4-7,10-11H,8-9H2,1-3H3,(H,16,19)/t11-/m0/s1. The van der Waals surface area contributed by atoms with Gasteiger partial charge in [-0.05, 0) is 38.1 Å². The van der Waals surface area contributed by atoms with Crippen LogP contribution in [-0.2, 0) is 9.59 Å². The average Bonchev–Trinajstić information content (AvgIpc) is 2.80. The van der Waals surface area contributed by atoms with Crippen molar-refractivity contribution >= 4 is 17.5 Å². The zero-order chi connectivity index (χ0) is 14.7. The molecule has 0 aliphatic carbocycles. The van der Waals surface area contributed by atoms with Crippen molar-refractivity contribution in [2.75, 3.05) is 18.6 Å². The highest BCUT2D eigenvalue weighted by molar-refractivity contribution is 6.00. The zero-order valence-electron chi connectivity index (χ0n) is 12.1. The lowest BCUT2D eigenvalue weighted by Gasteiger charge is -2.17. The normalized spacial score (nSPS) is 18.5. The van der Waals surface area contributed by atoms with E-state index in [2.05, 4.69) is 5.32 Å². The third kappa shape index (κ3) is 3.10. The highest BCUT2D eigenvalue weighted by atomic mass is 16.5. The van der Waals surface area contributed by atoms with Crippen molar-refractivity contribution in [3.63, 3.8) is 0 Å². The number of hydrogen-bond acceptors (Lipinski definition) is 3. The molecule has 1 aromatic carbocycles. The van der Waals surface area contributed by atoms with Crippen LogP contribution < -0.4 is 15.0 Å². The molecule has 5 heteroatoms. The van der Waals surface area contributed by atoms with Crippen molar-refractivity contribution < 1.29 is 14.3 Å². The molecule has 1 aliphatic heterocycles. The predicted molar refractivity (Wildman–Crippen MR) is 76.7 cm³/mol. The van der Waals surface area contributed by atoms with Crippen LogP contribution >= 0.6 is 0 Å². The van der Waals surface area contributed by atoms with Crippen LogP contribution in [0.25, 0.3) is 0 Å².